The van der Waals surface area contributed by atoms with Crippen LogP contribution in [0.5, 0.6) is 0 Å². The van der Waals surface area contributed by atoms with Gasteiger partial charge < -0.3 is 10.6 Å². The van der Waals surface area contributed by atoms with E-state index in [1.54, 1.807) is 0 Å². The molecule has 6 nitrogen and oxygen atoms in total. The minimum Gasteiger partial charge on any atom is -0.320 e. The van der Waals surface area contributed by atoms with Crippen molar-refractivity contribution < 1.29 is 14.1 Å². The molecule has 19 heavy (non-hydrogen) atoms. The largest absolute Gasteiger partial charge is 0.320 e. The Labute approximate surface area is 109 Å². The Bertz CT molecular complexity index is 521. The fourth-order valence-corrected chi connectivity index (χ4v) is 2.15. The maximum atomic E-state index is 13.0. The lowest BCUT2D eigenvalue weighted by Crippen LogP contribution is -2.28. The molecule has 0 radical (unpaired) electrons. The predicted molar refractivity (Wildman–Crippen MR) is 67.2 cm³/mol. The summed E-state index contributed by atoms with van der Waals surface area (Å²) in [6.45, 7) is 3.22. The second kappa shape index (κ2) is 5.31. The van der Waals surface area contributed by atoms with E-state index in [1.165, 1.54) is 6.07 Å². The zero-order chi connectivity index (χ0) is 14.0. The van der Waals surface area contributed by atoms with Crippen molar-refractivity contribution >= 4 is 17.3 Å². The number of nitrogens with zero attached hydrogens (tertiary/aromatic N) is 1. The van der Waals surface area contributed by atoms with E-state index < -0.39 is 16.4 Å². The van der Waals surface area contributed by atoms with Crippen molar-refractivity contribution in [3.05, 3.63) is 34.1 Å². The van der Waals surface area contributed by atoms with Crippen molar-refractivity contribution in [2.24, 2.45) is 11.8 Å². The highest BCUT2D eigenvalue weighted by molar-refractivity contribution is 5.95. The number of anilines is 1. The maximum absolute atomic E-state index is 13.0. The van der Waals surface area contributed by atoms with Gasteiger partial charge in [-0.2, -0.15) is 0 Å². The highest BCUT2D eigenvalue weighted by Crippen LogP contribution is 2.26. The third-order valence-corrected chi connectivity index (χ3v) is 3.27. The van der Waals surface area contributed by atoms with Crippen LogP contribution in [0.4, 0.5) is 15.8 Å². The number of rotatable bonds is 3. The number of nitrogens with one attached hydrogen (secondary N) is 2. The third kappa shape index (κ3) is 2.87. The summed E-state index contributed by atoms with van der Waals surface area (Å²) in [4.78, 5) is 22.1. The summed E-state index contributed by atoms with van der Waals surface area (Å²) < 4.78 is 13.0. The Kier molecular flexibility index (Phi) is 3.75. The van der Waals surface area contributed by atoms with E-state index in [9.17, 15) is 19.3 Å². The number of hydrogen-bond acceptors (Lipinski definition) is 4. The number of nitro benzene ring substituents is 1. The van der Waals surface area contributed by atoms with E-state index in [1.807, 2.05) is 6.92 Å². The third-order valence-electron chi connectivity index (χ3n) is 3.27. The number of halogens is 1. The van der Waals surface area contributed by atoms with Crippen LogP contribution in [0, 0.1) is 27.8 Å². The quantitative estimate of drug-likeness (QED) is 0.642. The minimum absolute atomic E-state index is 0.0236. The predicted octanol–water partition coefficient (Wildman–Crippen LogP) is 1.53. The lowest BCUT2D eigenvalue weighted by atomic mass is 9.97. The Hall–Kier alpha value is -2.02. The molecule has 1 aromatic rings. The topological polar surface area (TPSA) is 84.3 Å². The van der Waals surface area contributed by atoms with Crippen LogP contribution >= 0.6 is 0 Å². The second-order valence-electron chi connectivity index (χ2n) is 4.65. The fourth-order valence-electron chi connectivity index (χ4n) is 2.15. The number of carbonyl (C=O) groups excluding carboxylic acids is 1. The molecule has 1 saturated heterocycles. The van der Waals surface area contributed by atoms with Crippen LogP contribution in [0.25, 0.3) is 0 Å². The number of hydrogen-bond donors (Lipinski definition) is 2. The standard InChI is InChI=1S/C12H14FN3O3/c1-7-5-14-6-9(7)12(17)15-10-3-2-8(13)4-11(10)16(18)19/h2-4,7,9,14H,5-6H2,1H3,(H,15,17)/t7-,9-/m1/s1. The molecule has 7 heteroatoms. The summed E-state index contributed by atoms with van der Waals surface area (Å²) in [5.41, 5.74) is -0.414. The number of benzene rings is 1. The molecular weight excluding hydrogens is 253 g/mol. The minimum atomic E-state index is -0.713. The molecule has 1 fully saturated rings. The lowest BCUT2D eigenvalue weighted by Gasteiger charge is -2.14. The van der Waals surface area contributed by atoms with Gasteiger partial charge in [0.1, 0.15) is 11.5 Å². The van der Waals surface area contributed by atoms with Crippen LogP contribution in [0.2, 0.25) is 0 Å². The van der Waals surface area contributed by atoms with Gasteiger partial charge >= 0.3 is 0 Å². The van der Waals surface area contributed by atoms with Gasteiger partial charge in [-0.05, 0) is 24.6 Å². The lowest BCUT2D eigenvalue weighted by molar-refractivity contribution is -0.384. The van der Waals surface area contributed by atoms with Crippen LogP contribution < -0.4 is 10.6 Å². The van der Waals surface area contributed by atoms with Gasteiger partial charge in [-0.1, -0.05) is 6.92 Å². The van der Waals surface area contributed by atoms with Crippen LogP contribution in [0.15, 0.2) is 18.2 Å². The van der Waals surface area contributed by atoms with Crippen LogP contribution in [-0.2, 0) is 4.79 Å². The zero-order valence-corrected chi connectivity index (χ0v) is 10.4. The monoisotopic (exact) mass is 267 g/mol. The van der Waals surface area contributed by atoms with Crippen molar-refractivity contribution in [3.8, 4) is 0 Å². The Morgan fingerprint density at radius 1 is 1.53 bits per heavy atom. The first kappa shape index (κ1) is 13.4. The summed E-state index contributed by atoms with van der Waals surface area (Å²) in [6.07, 6.45) is 0. The normalized spacial score (nSPS) is 22.2. The SMILES string of the molecule is C[C@@H]1CNC[C@H]1C(=O)Nc1ccc(F)cc1[N+](=O)[O-]. The smallest absolute Gasteiger partial charge is 0.295 e. The van der Waals surface area contributed by atoms with Crippen LogP contribution in [0.1, 0.15) is 6.92 Å². The number of nitro groups is 1. The number of amides is 1. The summed E-state index contributed by atoms with van der Waals surface area (Å²) in [7, 11) is 0. The van der Waals surface area contributed by atoms with E-state index in [4.69, 9.17) is 0 Å². The van der Waals surface area contributed by atoms with Crippen LogP contribution in [-0.4, -0.2) is 23.9 Å². The van der Waals surface area contributed by atoms with E-state index in [0.717, 1.165) is 18.7 Å². The molecule has 2 N–H and O–H groups in total. The van der Waals surface area contributed by atoms with E-state index in [2.05, 4.69) is 10.6 Å². The molecule has 1 aromatic carbocycles. The summed E-state index contributed by atoms with van der Waals surface area (Å²) >= 11 is 0. The molecule has 0 bridgehead atoms. The molecule has 1 aliphatic heterocycles. The first-order valence-electron chi connectivity index (χ1n) is 5.94. The van der Waals surface area contributed by atoms with E-state index in [-0.39, 0.29) is 23.4 Å². The molecule has 0 aromatic heterocycles. The molecule has 1 aliphatic rings. The van der Waals surface area contributed by atoms with Gasteiger partial charge in [0, 0.05) is 6.54 Å². The van der Waals surface area contributed by atoms with Crippen molar-refractivity contribution in [3.63, 3.8) is 0 Å². The van der Waals surface area contributed by atoms with Crippen molar-refractivity contribution in [2.45, 2.75) is 6.92 Å². The number of carbonyl (C=O) groups is 1. The molecule has 2 atom stereocenters. The van der Waals surface area contributed by atoms with Gasteiger partial charge in [-0.25, -0.2) is 4.39 Å². The van der Waals surface area contributed by atoms with Gasteiger partial charge in [0.15, 0.2) is 0 Å². The van der Waals surface area contributed by atoms with E-state index >= 15 is 0 Å². The van der Waals surface area contributed by atoms with Gasteiger partial charge in [0.05, 0.1) is 16.9 Å². The van der Waals surface area contributed by atoms with Crippen molar-refractivity contribution in [2.75, 3.05) is 18.4 Å². The first-order chi connectivity index (χ1) is 8.99. The highest BCUT2D eigenvalue weighted by atomic mass is 19.1. The Balaban J connectivity index is 2.19. The molecule has 0 saturated carbocycles. The van der Waals surface area contributed by atoms with E-state index in [0.29, 0.717) is 6.54 Å². The molecule has 0 aliphatic carbocycles. The van der Waals surface area contributed by atoms with Crippen LogP contribution in [0.3, 0.4) is 0 Å². The van der Waals surface area contributed by atoms with Gasteiger partial charge in [-0.15, -0.1) is 0 Å². The molecule has 0 unspecified atom stereocenters. The second-order valence-corrected chi connectivity index (χ2v) is 4.65. The fraction of sp³-hybridized carbons (Fsp3) is 0.417. The summed E-state index contributed by atoms with van der Waals surface area (Å²) in [5, 5.41) is 16.4. The van der Waals surface area contributed by atoms with Gasteiger partial charge in [0.25, 0.3) is 5.69 Å². The summed E-state index contributed by atoms with van der Waals surface area (Å²) in [5.74, 6) is -1.06. The first-order valence-corrected chi connectivity index (χ1v) is 5.94. The Morgan fingerprint density at radius 3 is 2.84 bits per heavy atom. The molecule has 0 spiro atoms. The highest BCUT2D eigenvalue weighted by Gasteiger charge is 2.30. The average molecular weight is 267 g/mol. The van der Waals surface area contributed by atoms with Crippen molar-refractivity contribution in [1.82, 2.24) is 5.32 Å². The van der Waals surface area contributed by atoms with Crippen molar-refractivity contribution in [1.29, 1.82) is 0 Å². The van der Waals surface area contributed by atoms with Gasteiger partial charge in [0.2, 0.25) is 5.91 Å². The van der Waals surface area contributed by atoms with Gasteiger partial charge in [-0.3, -0.25) is 14.9 Å². The molecule has 1 heterocycles. The maximum Gasteiger partial charge on any atom is 0.295 e. The molecule has 102 valence electrons. The molecular formula is C12H14FN3O3. The Morgan fingerprint density at radius 2 is 2.26 bits per heavy atom. The molecule has 1 amide bonds. The summed E-state index contributed by atoms with van der Waals surface area (Å²) in [6, 6.07) is 3.09. The average Bonchev–Trinajstić information content (AvgIpc) is 2.77. The zero-order valence-electron chi connectivity index (χ0n) is 10.4. The molecule has 2 rings (SSSR count).